The van der Waals surface area contributed by atoms with Crippen LogP contribution in [0.4, 0.5) is 5.95 Å². The van der Waals surface area contributed by atoms with Crippen molar-refractivity contribution in [2.45, 2.75) is 20.8 Å². The fourth-order valence-electron chi connectivity index (χ4n) is 3.35. The highest BCUT2D eigenvalue weighted by molar-refractivity contribution is 6.01. The number of benzene rings is 2. The van der Waals surface area contributed by atoms with Gasteiger partial charge in [-0.3, -0.25) is 4.79 Å². The van der Waals surface area contributed by atoms with Crippen LogP contribution < -0.4 is 11.0 Å². The number of aryl methyl sites for hydroxylation is 3. The van der Waals surface area contributed by atoms with Crippen molar-refractivity contribution in [2.75, 3.05) is 5.43 Å². The molecule has 2 aromatic carbocycles. The number of nitrogens with zero attached hydrogens (tertiary/aromatic N) is 4. The molecule has 0 fully saturated rings. The Balaban J connectivity index is 1.84. The van der Waals surface area contributed by atoms with Crippen LogP contribution in [0.15, 0.2) is 64.5 Å². The summed E-state index contributed by atoms with van der Waals surface area (Å²) in [5.74, 6) is 0.175. The summed E-state index contributed by atoms with van der Waals surface area (Å²) < 4.78 is 1.29. The lowest BCUT2D eigenvalue weighted by atomic mass is 10.1. The number of hydrogen-bond donors (Lipinski definition) is 2. The molecule has 0 aliphatic rings. The first-order valence-electron chi connectivity index (χ1n) is 9.49. The van der Waals surface area contributed by atoms with Crippen molar-refractivity contribution in [1.82, 2.24) is 14.5 Å². The number of pyridine rings is 1. The topological polar surface area (TPSA) is 92.4 Å². The Morgan fingerprint density at radius 1 is 0.967 bits per heavy atom. The number of anilines is 1. The normalized spacial score (nSPS) is 11.3. The van der Waals surface area contributed by atoms with Gasteiger partial charge in [0.15, 0.2) is 0 Å². The van der Waals surface area contributed by atoms with Crippen LogP contribution in [0.25, 0.3) is 16.5 Å². The SMILES string of the molecule is Cc1ccc(-n2c(O)c(/C=N/Nc3nc(C)cc(C)n3)c3ccccc3c2=O)cc1. The minimum atomic E-state index is -0.297. The maximum atomic E-state index is 13.1. The monoisotopic (exact) mass is 399 g/mol. The maximum Gasteiger partial charge on any atom is 0.265 e. The standard InChI is InChI=1S/C23H21N5O2/c1-14-8-10-17(11-9-14)28-21(29)19-7-5-4-6-18(19)20(22(28)30)13-24-27-23-25-15(2)12-16(3)26-23/h4-13,30H,1-3H3,(H,25,26,27)/b24-13+. The van der Waals surface area contributed by atoms with Crippen molar-refractivity contribution in [2.24, 2.45) is 5.10 Å². The molecule has 0 saturated carbocycles. The number of aromatic hydroxyl groups is 1. The molecule has 2 N–H and O–H groups in total. The van der Waals surface area contributed by atoms with E-state index in [-0.39, 0.29) is 11.4 Å². The zero-order chi connectivity index (χ0) is 21.3. The van der Waals surface area contributed by atoms with Gasteiger partial charge in [-0.15, -0.1) is 0 Å². The predicted octanol–water partition coefficient (Wildman–Crippen LogP) is 3.86. The number of fused-ring (bicyclic) bond motifs is 1. The van der Waals surface area contributed by atoms with Crippen LogP contribution in [-0.4, -0.2) is 25.9 Å². The van der Waals surface area contributed by atoms with E-state index in [0.29, 0.717) is 28.0 Å². The van der Waals surface area contributed by atoms with E-state index in [4.69, 9.17) is 0 Å². The third-order valence-electron chi connectivity index (χ3n) is 4.74. The van der Waals surface area contributed by atoms with E-state index in [9.17, 15) is 9.90 Å². The zero-order valence-corrected chi connectivity index (χ0v) is 16.9. The lowest BCUT2D eigenvalue weighted by molar-refractivity contribution is 0.436. The van der Waals surface area contributed by atoms with Crippen molar-refractivity contribution < 1.29 is 5.11 Å². The molecule has 0 spiro atoms. The molecule has 0 aliphatic carbocycles. The molecule has 0 unspecified atom stereocenters. The molecule has 7 nitrogen and oxygen atoms in total. The molecule has 7 heteroatoms. The molecule has 0 bridgehead atoms. The largest absolute Gasteiger partial charge is 0.494 e. The zero-order valence-electron chi connectivity index (χ0n) is 16.9. The summed E-state index contributed by atoms with van der Waals surface area (Å²) in [6.45, 7) is 5.71. The molecule has 2 heterocycles. The Labute approximate surface area is 173 Å². The average molecular weight is 399 g/mol. The van der Waals surface area contributed by atoms with Crippen molar-refractivity contribution >= 4 is 22.9 Å². The van der Waals surface area contributed by atoms with Gasteiger partial charge in [-0.1, -0.05) is 35.9 Å². The van der Waals surface area contributed by atoms with Crippen LogP contribution in [0.3, 0.4) is 0 Å². The summed E-state index contributed by atoms with van der Waals surface area (Å²) in [4.78, 5) is 21.6. The van der Waals surface area contributed by atoms with Gasteiger partial charge in [0.05, 0.1) is 17.5 Å². The van der Waals surface area contributed by atoms with Crippen LogP contribution in [0.5, 0.6) is 5.88 Å². The highest BCUT2D eigenvalue weighted by Gasteiger charge is 2.16. The molecule has 2 aromatic heterocycles. The molecule has 0 saturated heterocycles. The number of hydrogen-bond acceptors (Lipinski definition) is 6. The Hall–Kier alpha value is -4.00. The second-order valence-electron chi connectivity index (χ2n) is 7.10. The summed E-state index contributed by atoms with van der Waals surface area (Å²) in [6, 6.07) is 16.4. The molecule has 0 amide bonds. The van der Waals surface area contributed by atoms with Gasteiger partial charge < -0.3 is 5.11 Å². The van der Waals surface area contributed by atoms with Gasteiger partial charge in [0.2, 0.25) is 11.8 Å². The third kappa shape index (κ3) is 3.65. The average Bonchev–Trinajstić information content (AvgIpc) is 2.71. The van der Waals surface area contributed by atoms with Crippen molar-refractivity contribution in [1.29, 1.82) is 0 Å². The number of hydrazone groups is 1. The van der Waals surface area contributed by atoms with E-state index in [1.807, 2.05) is 45.0 Å². The fourth-order valence-corrected chi connectivity index (χ4v) is 3.35. The van der Waals surface area contributed by atoms with Crippen molar-refractivity contribution in [3.8, 4) is 11.6 Å². The van der Waals surface area contributed by atoms with E-state index in [1.165, 1.54) is 10.8 Å². The number of rotatable bonds is 4. The molecule has 150 valence electrons. The van der Waals surface area contributed by atoms with Crippen LogP contribution >= 0.6 is 0 Å². The van der Waals surface area contributed by atoms with Gasteiger partial charge in [-0.05, 0) is 45.0 Å². The van der Waals surface area contributed by atoms with Crippen molar-refractivity contribution in [3.63, 3.8) is 0 Å². The molecular formula is C23H21N5O2. The Morgan fingerprint density at radius 3 is 2.27 bits per heavy atom. The first-order valence-corrected chi connectivity index (χ1v) is 9.49. The number of aromatic nitrogens is 3. The molecule has 30 heavy (non-hydrogen) atoms. The van der Waals surface area contributed by atoms with Gasteiger partial charge in [0.25, 0.3) is 5.56 Å². The summed E-state index contributed by atoms with van der Waals surface area (Å²) in [7, 11) is 0. The van der Waals surface area contributed by atoms with Crippen LogP contribution in [-0.2, 0) is 0 Å². The molecule has 0 aliphatic heterocycles. The molecule has 0 radical (unpaired) electrons. The Morgan fingerprint density at radius 2 is 1.60 bits per heavy atom. The van der Waals surface area contributed by atoms with Crippen LogP contribution in [0.2, 0.25) is 0 Å². The van der Waals surface area contributed by atoms with E-state index in [0.717, 1.165) is 17.0 Å². The summed E-state index contributed by atoms with van der Waals surface area (Å²) in [5, 5.41) is 16.3. The second kappa shape index (κ2) is 7.79. The Kier molecular flexibility index (Phi) is 5.02. The van der Waals surface area contributed by atoms with Gasteiger partial charge >= 0.3 is 0 Å². The lowest BCUT2D eigenvalue weighted by Crippen LogP contribution is -2.20. The van der Waals surface area contributed by atoms with Gasteiger partial charge in [0, 0.05) is 22.2 Å². The third-order valence-corrected chi connectivity index (χ3v) is 4.74. The quantitative estimate of drug-likeness (QED) is 0.402. The minimum Gasteiger partial charge on any atom is -0.494 e. The lowest BCUT2D eigenvalue weighted by Gasteiger charge is -2.14. The molecule has 4 aromatic rings. The first kappa shape index (κ1) is 19.3. The minimum absolute atomic E-state index is 0.186. The Bertz CT molecular complexity index is 1300. The van der Waals surface area contributed by atoms with Gasteiger partial charge in [0.1, 0.15) is 0 Å². The summed E-state index contributed by atoms with van der Waals surface area (Å²) in [6.07, 6.45) is 1.48. The molecule has 0 atom stereocenters. The smallest absolute Gasteiger partial charge is 0.265 e. The van der Waals surface area contributed by atoms with Crippen LogP contribution in [0.1, 0.15) is 22.5 Å². The molecule has 4 rings (SSSR count). The molecular weight excluding hydrogens is 378 g/mol. The van der Waals surface area contributed by atoms with Gasteiger partial charge in [-0.2, -0.15) is 5.10 Å². The summed E-state index contributed by atoms with van der Waals surface area (Å²) in [5.41, 5.74) is 6.20. The predicted molar refractivity (Wildman–Crippen MR) is 119 cm³/mol. The van der Waals surface area contributed by atoms with E-state index in [2.05, 4.69) is 20.5 Å². The van der Waals surface area contributed by atoms with Crippen LogP contribution in [0, 0.1) is 20.8 Å². The highest BCUT2D eigenvalue weighted by atomic mass is 16.3. The van der Waals surface area contributed by atoms with E-state index < -0.39 is 0 Å². The van der Waals surface area contributed by atoms with Gasteiger partial charge in [-0.25, -0.2) is 20.0 Å². The van der Waals surface area contributed by atoms with Crippen molar-refractivity contribution in [3.05, 3.63) is 87.5 Å². The fraction of sp³-hybridized carbons (Fsp3) is 0.130. The first-order chi connectivity index (χ1) is 14.4. The highest BCUT2D eigenvalue weighted by Crippen LogP contribution is 2.26. The second-order valence-corrected chi connectivity index (χ2v) is 7.10. The maximum absolute atomic E-state index is 13.1. The van der Waals surface area contributed by atoms with E-state index in [1.54, 1.807) is 30.3 Å². The number of nitrogens with one attached hydrogen (secondary N) is 1. The summed E-state index contributed by atoms with van der Waals surface area (Å²) >= 11 is 0. The van der Waals surface area contributed by atoms with E-state index >= 15 is 0 Å².